The lowest BCUT2D eigenvalue weighted by atomic mass is 9.43. The van der Waals surface area contributed by atoms with E-state index >= 15 is 0 Å². The van der Waals surface area contributed by atoms with E-state index in [2.05, 4.69) is 56.1 Å². The van der Waals surface area contributed by atoms with Gasteiger partial charge in [0.25, 0.3) is 0 Å². The third-order valence-corrected chi connectivity index (χ3v) is 11.2. The molecular formula is C31H51ClN2O. The summed E-state index contributed by atoms with van der Waals surface area (Å²) in [5, 5.41) is 15.2. The maximum Gasteiger partial charge on any atom is 0.0487 e. The van der Waals surface area contributed by atoms with Crippen LogP contribution in [0, 0.1) is 45.8 Å². The number of allylic oxidation sites excluding steroid dienone is 4. The molecule has 1 saturated heterocycles. The molecule has 0 aromatic rings. The number of likely N-dealkylation sites (tertiary alicyclic amines) is 1. The summed E-state index contributed by atoms with van der Waals surface area (Å²) in [4.78, 5) is 2.75. The number of rotatable bonds is 9. The minimum absolute atomic E-state index is 0.270. The van der Waals surface area contributed by atoms with Gasteiger partial charge in [-0.05, 0) is 123 Å². The van der Waals surface area contributed by atoms with Crippen molar-refractivity contribution in [2.75, 3.05) is 32.8 Å². The summed E-state index contributed by atoms with van der Waals surface area (Å²) in [5.41, 5.74) is 1.10. The SMILES string of the molecule is CC(C)[C@H](CN1CCC(C2C=CC(Cl)=CC2)C(C)(C)C1)NCCC12CC3CC(CC(CO)(C3)C1)C2. The molecule has 198 valence electrons. The van der Waals surface area contributed by atoms with Crippen molar-refractivity contribution in [3.8, 4) is 0 Å². The monoisotopic (exact) mass is 502 g/mol. The number of hydrogen-bond acceptors (Lipinski definition) is 3. The highest BCUT2D eigenvalue weighted by molar-refractivity contribution is 6.31. The molecule has 0 amide bonds. The molecule has 1 aliphatic heterocycles. The highest BCUT2D eigenvalue weighted by Crippen LogP contribution is 2.66. The first-order valence-corrected chi connectivity index (χ1v) is 15.1. The molecule has 5 aliphatic carbocycles. The van der Waals surface area contributed by atoms with Crippen LogP contribution in [-0.2, 0) is 0 Å². The third-order valence-electron chi connectivity index (χ3n) is 11.0. The van der Waals surface area contributed by atoms with Crippen molar-refractivity contribution in [1.82, 2.24) is 10.2 Å². The Morgan fingerprint density at radius 1 is 1.14 bits per heavy atom. The van der Waals surface area contributed by atoms with Crippen LogP contribution >= 0.6 is 11.6 Å². The zero-order valence-corrected chi connectivity index (χ0v) is 23.6. The fourth-order valence-corrected chi connectivity index (χ4v) is 9.94. The van der Waals surface area contributed by atoms with Crippen molar-refractivity contribution in [3.63, 3.8) is 0 Å². The number of hydrogen-bond donors (Lipinski definition) is 2. The molecule has 6 rings (SSSR count). The van der Waals surface area contributed by atoms with Crippen LogP contribution in [0.3, 0.4) is 0 Å². The van der Waals surface area contributed by atoms with Crippen LogP contribution in [0.25, 0.3) is 0 Å². The Labute approximate surface area is 220 Å². The van der Waals surface area contributed by atoms with E-state index in [1.165, 1.54) is 71.0 Å². The highest BCUT2D eigenvalue weighted by atomic mass is 35.5. The predicted octanol–water partition coefficient (Wildman–Crippen LogP) is 6.62. The number of aliphatic hydroxyl groups is 1. The second-order valence-corrected chi connectivity index (χ2v) is 15.1. The van der Waals surface area contributed by atoms with Gasteiger partial charge in [0.2, 0.25) is 0 Å². The van der Waals surface area contributed by atoms with E-state index < -0.39 is 0 Å². The number of halogens is 1. The number of nitrogens with zero attached hydrogens (tertiary/aromatic N) is 1. The van der Waals surface area contributed by atoms with Crippen molar-refractivity contribution in [2.24, 2.45) is 45.8 Å². The molecule has 0 aromatic heterocycles. The Morgan fingerprint density at radius 3 is 2.46 bits per heavy atom. The Bertz CT molecular complexity index is 803. The number of piperidine rings is 1. The highest BCUT2D eigenvalue weighted by Gasteiger charge is 2.56. The van der Waals surface area contributed by atoms with Crippen LogP contribution in [0.1, 0.15) is 85.5 Å². The second-order valence-electron chi connectivity index (χ2n) is 14.6. The molecule has 2 N–H and O–H groups in total. The average Bonchev–Trinajstić information content (AvgIpc) is 2.78. The second kappa shape index (κ2) is 10.1. The topological polar surface area (TPSA) is 35.5 Å². The van der Waals surface area contributed by atoms with E-state index in [0.717, 1.165) is 35.8 Å². The number of nitrogens with one attached hydrogen (secondary N) is 1. The molecule has 1 heterocycles. The molecule has 5 fully saturated rings. The lowest BCUT2D eigenvalue weighted by molar-refractivity contribution is -0.132. The largest absolute Gasteiger partial charge is 0.396 e. The van der Waals surface area contributed by atoms with E-state index in [1.54, 1.807) is 0 Å². The molecule has 0 aromatic carbocycles. The molecule has 4 bridgehead atoms. The Balaban J connectivity index is 1.14. The van der Waals surface area contributed by atoms with Gasteiger partial charge < -0.3 is 15.3 Å². The van der Waals surface area contributed by atoms with Crippen LogP contribution in [-0.4, -0.2) is 48.8 Å². The van der Waals surface area contributed by atoms with Gasteiger partial charge >= 0.3 is 0 Å². The summed E-state index contributed by atoms with van der Waals surface area (Å²) < 4.78 is 0. The summed E-state index contributed by atoms with van der Waals surface area (Å²) >= 11 is 6.19. The van der Waals surface area contributed by atoms with Gasteiger partial charge in [-0.3, -0.25) is 0 Å². The summed E-state index contributed by atoms with van der Waals surface area (Å²) in [6.07, 6.45) is 18.6. The van der Waals surface area contributed by atoms with E-state index in [1.807, 2.05) is 0 Å². The molecular weight excluding hydrogens is 452 g/mol. The van der Waals surface area contributed by atoms with Gasteiger partial charge in [0.05, 0.1) is 0 Å². The average molecular weight is 503 g/mol. The van der Waals surface area contributed by atoms with Gasteiger partial charge in [-0.2, -0.15) is 0 Å². The first-order chi connectivity index (χ1) is 16.6. The van der Waals surface area contributed by atoms with Crippen LogP contribution in [0.15, 0.2) is 23.3 Å². The van der Waals surface area contributed by atoms with Gasteiger partial charge in [-0.1, -0.05) is 51.4 Å². The molecule has 3 nitrogen and oxygen atoms in total. The molecule has 6 aliphatic rings. The first-order valence-electron chi connectivity index (χ1n) is 14.7. The Hall–Kier alpha value is -0.350. The smallest absolute Gasteiger partial charge is 0.0487 e. The number of aliphatic hydroxyl groups excluding tert-OH is 1. The fourth-order valence-electron chi connectivity index (χ4n) is 9.78. The zero-order chi connectivity index (χ0) is 24.8. The molecule has 4 saturated carbocycles. The maximum atomic E-state index is 10.2. The van der Waals surface area contributed by atoms with Gasteiger partial charge in [-0.15, -0.1) is 0 Å². The van der Waals surface area contributed by atoms with Crippen molar-refractivity contribution in [2.45, 2.75) is 91.5 Å². The van der Waals surface area contributed by atoms with Crippen LogP contribution in [0.5, 0.6) is 0 Å². The predicted molar refractivity (Wildman–Crippen MR) is 147 cm³/mol. The quantitative estimate of drug-likeness (QED) is 0.372. The lowest BCUT2D eigenvalue weighted by Gasteiger charge is -2.62. The molecule has 4 unspecified atom stereocenters. The summed E-state index contributed by atoms with van der Waals surface area (Å²) in [7, 11) is 0. The van der Waals surface area contributed by atoms with E-state index in [-0.39, 0.29) is 5.41 Å². The van der Waals surface area contributed by atoms with Crippen LogP contribution in [0.4, 0.5) is 0 Å². The standard InChI is InChI=1S/C31H51ClN2O/c1-22(2)28(18-34-12-9-27(29(3,4)20-34)25-5-7-26(32)8-6-25)33-11-10-30-14-23-13-24(15-30)17-31(16-23,19-30)21-35/h5,7-8,22-25,27-28,33,35H,6,9-21H2,1-4H3/t23?,24?,25?,27?,28-,30?,31?/m0/s1. The van der Waals surface area contributed by atoms with E-state index in [0.29, 0.717) is 35.3 Å². The van der Waals surface area contributed by atoms with Gasteiger partial charge in [0, 0.05) is 30.8 Å². The molecule has 0 radical (unpaired) electrons. The third kappa shape index (κ3) is 5.59. The maximum absolute atomic E-state index is 10.2. The van der Waals surface area contributed by atoms with Gasteiger partial charge in [0.1, 0.15) is 0 Å². The van der Waals surface area contributed by atoms with Crippen molar-refractivity contribution in [3.05, 3.63) is 23.3 Å². The van der Waals surface area contributed by atoms with Crippen LogP contribution in [0.2, 0.25) is 0 Å². The van der Waals surface area contributed by atoms with Gasteiger partial charge in [0.15, 0.2) is 0 Å². The normalized spacial score (nSPS) is 41.4. The summed E-state index contributed by atoms with van der Waals surface area (Å²) in [5.74, 6) is 3.79. The molecule has 5 atom stereocenters. The summed E-state index contributed by atoms with van der Waals surface area (Å²) in [6, 6.07) is 0.555. The minimum Gasteiger partial charge on any atom is -0.396 e. The lowest BCUT2D eigenvalue weighted by Crippen LogP contribution is -2.55. The van der Waals surface area contributed by atoms with Crippen LogP contribution < -0.4 is 5.32 Å². The van der Waals surface area contributed by atoms with E-state index in [9.17, 15) is 5.11 Å². The van der Waals surface area contributed by atoms with Crippen molar-refractivity contribution in [1.29, 1.82) is 0 Å². The first kappa shape index (κ1) is 26.3. The minimum atomic E-state index is 0.270. The molecule has 0 spiro atoms. The Kier molecular flexibility index (Phi) is 7.57. The Morgan fingerprint density at radius 2 is 1.86 bits per heavy atom. The fraction of sp³-hybridized carbons (Fsp3) is 0.871. The zero-order valence-electron chi connectivity index (χ0n) is 22.9. The van der Waals surface area contributed by atoms with Crippen molar-refractivity contribution >= 4 is 11.6 Å². The van der Waals surface area contributed by atoms with Crippen molar-refractivity contribution < 1.29 is 5.11 Å². The van der Waals surface area contributed by atoms with Gasteiger partial charge in [-0.25, -0.2) is 0 Å². The summed E-state index contributed by atoms with van der Waals surface area (Å²) in [6.45, 7) is 14.9. The van der Waals surface area contributed by atoms with E-state index in [4.69, 9.17) is 11.6 Å². The molecule has 4 heteroatoms. The molecule has 35 heavy (non-hydrogen) atoms.